The van der Waals surface area contributed by atoms with Crippen LogP contribution in [0.5, 0.6) is 0 Å². The molecule has 0 saturated heterocycles. The fourth-order valence-corrected chi connectivity index (χ4v) is 1.39. The van der Waals surface area contributed by atoms with Crippen LogP contribution < -0.4 is 10.6 Å². The van der Waals surface area contributed by atoms with Crippen molar-refractivity contribution in [3.8, 4) is 0 Å². The maximum Gasteiger partial charge on any atom is 0.233 e. The Morgan fingerprint density at radius 2 is 2.00 bits per heavy atom. The summed E-state index contributed by atoms with van der Waals surface area (Å²) in [5.74, 6) is 0.450. The Kier molecular flexibility index (Phi) is 4.84. The zero-order chi connectivity index (χ0) is 11.1. The summed E-state index contributed by atoms with van der Waals surface area (Å²) < 4.78 is 0. The second-order valence-electron chi connectivity index (χ2n) is 3.62. The van der Waals surface area contributed by atoms with Gasteiger partial charge in [-0.25, -0.2) is 0 Å². The summed E-state index contributed by atoms with van der Waals surface area (Å²) in [5.41, 5.74) is 1.29. The molecule has 0 saturated carbocycles. The lowest BCUT2D eigenvalue weighted by Crippen LogP contribution is -2.33. The minimum absolute atomic E-state index is 0.0234. The molecule has 3 nitrogen and oxygen atoms in total. The third-order valence-electron chi connectivity index (χ3n) is 2.38. The van der Waals surface area contributed by atoms with Crippen LogP contribution in [0.25, 0.3) is 0 Å². The van der Waals surface area contributed by atoms with E-state index in [1.807, 2.05) is 18.2 Å². The summed E-state index contributed by atoms with van der Waals surface area (Å²) in [6.45, 7) is 3.34. The lowest BCUT2D eigenvalue weighted by Gasteiger charge is -2.12. The van der Waals surface area contributed by atoms with Crippen molar-refractivity contribution < 1.29 is 4.79 Å². The minimum atomic E-state index is 0.0234. The van der Waals surface area contributed by atoms with E-state index in [-0.39, 0.29) is 5.91 Å². The molecular formula is C12H18N2O. The van der Waals surface area contributed by atoms with Crippen LogP contribution in [0.15, 0.2) is 30.3 Å². The Hall–Kier alpha value is -1.35. The molecule has 1 unspecified atom stereocenters. The summed E-state index contributed by atoms with van der Waals surface area (Å²) >= 11 is 0. The van der Waals surface area contributed by atoms with Crippen molar-refractivity contribution in [2.24, 2.45) is 0 Å². The van der Waals surface area contributed by atoms with Gasteiger partial charge in [0.05, 0.1) is 6.54 Å². The molecule has 82 valence electrons. The Morgan fingerprint density at radius 1 is 1.33 bits per heavy atom. The second-order valence-corrected chi connectivity index (χ2v) is 3.62. The lowest BCUT2D eigenvalue weighted by molar-refractivity contribution is -0.119. The van der Waals surface area contributed by atoms with Gasteiger partial charge in [-0.15, -0.1) is 0 Å². The summed E-state index contributed by atoms with van der Waals surface area (Å²) in [4.78, 5) is 11.0. The molecule has 1 amide bonds. The Morgan fingerprint density at radius 3 is 2.60 bits per heavy atom. The molecule has 1 atom stereocenters. The highest BCUT2D eigenvalue weighted by Gasteiger charge is 2.04. The maximum atomic E-state index is 11.0. The first-order chi connectivity index (χ1) is 7.24. The van der Waals surface area contributed by atoms with Gasteiger partial charge in [-0.3, -0.25) is 4.79 Å². The molecule has 1 aromatic carbocycles. The summed E-state index contributed by atoms with van der Waals surface area (Å²) in [6.07, 6.45) is 0. The lowest BCUT2D eigenvalue weighted by atomic mass is 10.0. The van der Waals surface area contributed by atoms with Gasteiger partial charge in [0, 0.05) is 13.6 Å². The van der Waals surface area contributed by atoms with Crippen LogP contribution in [0.3, 0.4) is 0 Å². The predicted molar refractivity (Wildman–Crippen MR) is 61.8 cm³/mol. The van der Waals surface area contributed by atoms with Gasteiger partial charge in [-0.05, 0) is 11.5 Å². The molecule has 1 aromatic rings. The fraction of sp³-hybridized carbons (Fsp3) is 0.417. The zero-order valence-corrected chi connectivity index (χ0v) is 9.29. The molecule has 0 aromatic heterocycles. The smallest absolute Gasteiger partial charge is 0.233 e. The molecule has 15 heavy (non-hydrogen) atoms. The van der Waals surface area contributed by atoms with Crippen molar-refractivity contribution in [2.45, 2.75) is 12.8 Å². The number of hydrogen-bond donors (Lipinski definition) is 2. The van der Waals surface area contributed by atoms with Gasteiger partial charge in [0.1, 0.15) is 0 Å². The highest BCUT2D eigenvalue weighted by molar-refractivity contribution is 5.77. The normalized spacial score (nSPS) is 12.1. The van der Waals surface area contributed by atoms with E-state index in [9.17, 15) is 4.79 Å². The number of likely N-dealkylation sites (N-methyl/N-ethyl adjacent to an activating group) is 1. The highest BCUT2D eigenvalue weighted by Crippen LogP contribution is 2.12. The molecule has 0 heterocycles. The standard InChI is InChI=1S/C12H18N2O/c1-10(8-14-9-12(15)13-2)11-6-4-3-5-7-11/h3-7,10,14H,8-9H2,1-2H3,(H,13,15). The summed E-state index contributed by atoms with van der Waals surface area (Å²) in [5, 5.41) is 5.70. The van der Waals surface area contributed by atoms with Gasteiger partial charge in [0.2, 0.25) is 5.91 Å². The van der Waals surface area contributed by atoms with Crippen molar-refractivity contribution in [2.75, 3.05) is 20.1 Å². The molecule has 0 bridgehead atoms. The van der Waals surface area contributed by atoms with E-state index in [0.717, 1.165) is 6.54 Å². The molecular weight excluding hydrogens is 188 g/mol. The number of nitrogens with one attached hydrogen (secondary N) is 2. The third kappa shape index (κ3) is 4.13. The van der Waals surface area contributed by atoms with Crippen LogP contribution >= 0.6 is 0 Å². The molecule has 0 aliphatic rings. The summed E-state index contributed by atoms with van der Waals surface area (Å²) in [7, 11) is 1.64. The van der Waals surface area contributed by atoms with Crippen LogP contribution in [-0.2, 0) is 4.79 Å². The molecule has 0 spiro atoms. The fourth-order valence-electron chi connectivity index (χ4n) is 1.39. The van der Waals surface area contributed by atoms with Crippen LogP contribution in [0.2, 0.25) is 0 Å². The topological polar surface area (TPSA) is 41.1 Å². The van der Waals surface area contributed by atoms with Crippen molar-refractivity contribution in [3.63, 3.8) is 0 Å². The molecule has 0 aliphatic heterocycles. The van der Waals surface area contributed by atoms with E-state index in [0.29, 0.717) is 12.5 Å². The van der Waals surface area contributed by atoms with Crippen LogP contribution in [0.1, 0.15) is 18.4 Å². The first-order valence-corrected chi connectivity index (χ1v) is 5.20. The molecule has 1 rings (SSSR count). The van der Waals surface area contributed by atoms with Gasteiger partial charge < -0.3 is 10.6 Å². The van der Waals surface area contributed by atoms with Crippen LogP contribution in [0.4, 0.5) is 0 Å². The Balaban J connectivity index is 2.31. The number of carbonyl (C=O) groups excluding carboxylic acids is 1. The third-order valence-corrected chi connectivity index (χ3v) is 2.38. The van der Waals surface area contributed by atoms with Crippen molar-refractivity contribution >= 4 is 5.91 Å². The SMILES string of the molecule is CNC(=O)CNCC(C)c1ccccc1. The number of benzene rings is 1. The van der Waals surface area contributed by atoms with E-state index >= 15 is 0 Å². The highest BCUT2D eigenvalue weighted by atomic mass is 16.1. The van der Waals surface area contributed by atoms with E-state index < -0.39 is 0 Å². The molecule has 0 fully saturated rings. The largest absolute Gasteiger partial charge is 0.358 e. The number of rotatable bonds is 5. The molecule has 3 heteroatoms. The number of hydrogen-bond acceptors (Lipinski definition) is 2. The molecule has 0 radical (unpaired) electrons. The first-order valence-electron chi connectivity index (χ1n) is 5.20. The predicted octanol–water partition coefficient (Wildman–Crippen LogP) is 1.13. The van der Waals surface area contributed by atoms with Gasteiger partial charge in [-0.2, -0.15) is 0 Å². The zero-order valence-electron chi connectivity index (χ0n) is 9.29. The van der Waals surface area contributed by atoms with Crippen LogP contribution in [-0.4, -0.2) is 26.0 Å². The quantitative estimate of drug-likeness (QED) is 0.758. The molecule has 0 aliphatic carbocycles. The first kappa shape index (κ1) is 11.7. The number of carbonyl (C=O) groups is 1. The Bertz CT molecular complexity index is 298. The monoisotopic (exact) mass is 206 g/mol. The molecule has 2 N–H and O–H groups in total. The van der Waals surface area contributed by atoms with E-state index in [1.54, 1.807) is 7.05 Å². The van der Waals surface area contributed by atoms with E-state index in [4.69, 9.17) is 0 Å². The van der Waals surface area contributed by atoms with Crippen molar-refractivity contribution in [3.05, 3.63) is 35.9 Å². The Labute approximate surface area is 90.9 Å². The van der Waals surface area contributed by atoms with Gasteiger partial charge in [0.15, 0.2) is 0 Å². The van der Waals surface area contributed by atoms with Crippen LogP contribution in [0, 0.1) is 0 Å². The van der Waals surface area contributed by atoms with E-state index in [1.165, 1.54) is 5.56 Å². The average molecular weight is 206 g/mol. The number of amides is 1. The second kappa shape index (κ2) is 6.19. The van der Waals surface area contributed by atoms with E-state index in [2.05, 4.69) is 29.7 Å². The maximum absolute atomic E-state index is 11.0. The van der Waals surface area contributed by atoms with Gasteiger partial charge >= 0.3 is 0 Å². The van der Waals surface area contributed by atoms with Gasteiger partial charge in [0.25, 0.3) is 0 Å². The summed E-state index contributed by atoms with van der Waals surface area (Å²) in [6, 6.07) is 10.3. The minimum Gasteiger partial charge on any atom is -0.358 e. The average Bonchev–Trinajstić information content (AvgIpc) is 2.29. The van der Waals surface area contributed by atoms with Crippen molar-refractivity contribution in [1.82, 2.24) is 10.6 Å². The van der Waals surface area contributed by atoms with Gasteiger partial charge in [-0.1, -0.05) is 37.3 Å². The van der Waals surface area contributed by atoms with Crippen molar-refractivity contribution in [1.29, 1.82) is 0 Å².